The smallest absolute Gasteiger partial charge is 0.0992 e. The van der Waals surface area contributed by atoms with Crippen molar-refractivity contribution in [1.29, 1.82) is 10.5 Å². The Morgan fingerprint density at radius 2 is 0.956 bits per heavy atom. The number of rotatable bonds is 2. The molecule has 208 valence electrons. The normalized spacial score (nSPS) is 11.7. The first-order chi connectivity index (χ1) is 22.1. The maximum Gasteiger partial charge on any atom is 0.0992 e. The van der Waals surface area contributed by atoms with Gasteiger partial charge in [-0.15, -0.1) is 0 Å². The molecule has 2 aromatic heterocycles. The summed E-state index contributed by atoms with van der Waals surface area (Å²) in [7, 11) is 0. The lowest BCUT2D eigenvalue weighted by atomic mass is 9.85. The van der Waals surface area contributed by atoms with Crippen LogP contribution in [0.1, 0.15) is 22.3 Å². The van der Waals surface area contributed by atoms with Gasteiger partial charge in [0.05, 0.1) is 39.8 Å². The third kappa shape index (κ3) is 3.38. The predicted molar refractivity (Wildman–Crippen MR) is 186 cm³/mol. The van der Waals surface area contributed by atoms with E-state index in [9.17, 15) is 10.5 Å². The number of hydrogen-bond acceptors (Lipinski definition) is 2. The van der Waals surface area contributed by atoms with E-state index in [1.165, 1.54) is 65.7 Å². The zero-order valence-corrected chi connectivity index (χ0v) is 24.8. The number of nitrogens with zero attached hydrogens (tertiary/aromatic N) is 3. The zero-order valence-electron chi connectivity index (χ0n) is 24.8. The summed E-state index contributed by atoms with van der Waals surface area (Å²) < 4.78 is 2.30. The fourth-order valence-electron chi connectivity index (χ4n) is 7.67. The van der Waals surface area contributed by atoms with Gasteiger partial charge >= 0.3 is 0 Å². The summed E-state index contributed by atoms with van der Waals surface area (Å²) in [6.07, 6.45) is 0. The lowest BCUT2D eigenvalue weighted by Crippen LogP contribution is -1.92. The topological polar surface area (TPSA) is 52.0 Å². The van der Waals surface area contributed by atoms with Crippen LogP contribution in [0.25, 0.3) is 81.9 Å². The van der Waals surface area contributed by atoms with Crippen LogP contribution in [-0.4, -0.2) is 4.40 Å². The Morgan fingerprint density at radius 3 is 1.42 bits per heavy atom. The van der Waals surface area contributed by atoms with Gasteiger partial charge in [-0.25, -0.2) is 0 Å². The van der Waals surface area contributed by atoms with Crippen LogP contribution in [0.5, 0.6) is 0 Å². The average Bonchev–Trinajstić information content (AvgIpc) is 3.59. The quantitative estimate of drug-likeness (QED) is 0.207. The third-order valence-electron chi connectivity index (χ3n) is 9.61. The summed E-state index contributed by atoms with van der Waals surface area (Å²) >= 11 is 0. The first-order valence-electron chi connectivity index (χ1n) is 15.1. The molecule has 0 bridgehead atoms. The maximum atomic E-state index is 9.93. The molecular formula is C42H25N3. The van der Waals surface area contributed by atoms with E-state index in [0.717, 1.165) is 27.3 Å². The molecule has 7 aromatic carbocycles. The molecule has 9 aromatic rings. The van der Waals surface area contributed by atoms with Gasteiger partial charge in [0.1, 0.15) is 0 Å². The molecule has 0 unspecified atom stereocenters. The number of hydrogen-bond donors (Lipinski definition) is 0. The largest absolute Gasteiger partial charge is 0.308 e. The van der Waals surface area contributed by atoms with Crippen LogP contribution in [0.15, 0.2) is 115 Å². The summed E-state index contributed by atoms with van der Waals surface area (Å²) in [4.78, 5) is 0. The summed E-state index contributed by atoms with van der Waals surface area (Å²) in [5.41, 5.74) is 11.5. The molecule has 45 heavy (non-hydrogen) atoms. The van der Waals surface area contributed by atoms with Crippen LogP contribution in [0, 0.1) is 36.5 Å². The maximum absolute atomic E-state index is 9.93. The molecule has 0 N–H and O–H groups in total. The minimum Gasteiger partial charge on any atom is -0.308 e. The molecule has 0 aliphatic carbocycles. The monoisotopic (exact) mass is 571 g/mol. The van der Waals surface area contributed by atoms with E-state index in [1.54, 1.807) is 0 Å². The summed E-state index contributed by atoms with van der Waals surface area (Å²) in [5.74, 6) is 0. The minimum atomic E-state index is 0.612. The van der Waals surface area contributed by atoms with Crippen molar-refractivity contribution in [3.63, 3.8) is 0 Å². The van der Waals surface area contributed by atoms with Crippen LogP contribution in [0.3, 0.4) is 0 Å². The number of fused-ring (bicyclic) bond motifs is 8. The summed E-state index contributed by atoms with van der Waals surface area (Å²) in [6.45, 7) is 4.40. The number of aromatic nitrogens is 1. The fourth-order valence-corrected chi connectivity index (χ4v) is 7.67. The van der Waals surface area contributed by atoms with E-state index < -0.39 is 0 Å². The van der Waals surface area contributed by atoms with E-state index in [2.05, 4.69) is 121 Å². The van der Waals surface area contributed by atoms with E-state index in [1.807, 2.05) is 24.3 Å². The van der Waals surface area contributed by atoms with Crippen molar-refractivity contribution >= 4 is 59.6 Å². The molecular weight excluding hydrogens is 546 g/mol. The lowest BCUT2D eigenvalue weighted by molar-refractivity contribution is 1.36. The Morgan fingerprint density at radius 1 is 0.489 bits per heavy atom. The Bertz CT molecular complexity index is 2610. The predicted octanol–water partition coefficient (Wildman–Crippen LogP) is 10.8. The second kappa shape index (κ2) is 9.17. The van der Waals surface area contributed by atoms with Gasteiger partial charge in [0.25, 0.3) is 0 Å². The van der Waals surface area contributed by atoms with Crippen molar-refractivity contribution in [2.45, 2.75) is 13.8 Å². The van der Waals surface area contributed by atoms with E-state index in [0.29, 0.717) is 11.1 Å². The summed E-state index contributed by atoms with van der Waals surface area (Å²) in [5, 5.41) is 29.2. The second-order valence-electron chi connectivity index (χ2n) is 12.1. The first kappa shape index (κ1) is 25.3. The molecule has 2 heterocycles. The van der Waals surface area contributed by atoms with Crippen LogP contribution >= 0.6 is 0 Å². The highest BCUT2D eigenvalue weighted by Crippen LogP contribution is 2.51. The van der Waals surface area contributed by atoms with E-state index >= 15 is 0 Å². The first-order valence-corrected chi connectivity index (χ1v) is 15.1. The Balaban J connectivity index is 1.62. The van der Waals surface area contributed by atoms with Crippen LogP contribution in [-0.2, 0) is 0 Å². The average molecular weight is 572 g/mol. The van der Waals surface area contributed by atoms with Crippen LogP contribution in [0.4, 0.5) is 0 Å². The number of aryl methyl sites for hydroxylation is 2. The zero-order chi connectivity index (χ0) is 30.4. The van der Waals surface area contributed by atoms with Gasteiger partial charge in [0.2, 0.25) is 0 Å². The van der Waals surface area contributed by atoms with Gasteiger partial charge < -0.3 is 4.40 Å². The molecule has 0 atom stereocenters. The highest BCUT2D eigenvalue weighted by Gasteiger charge is 2.26. The molecule has 9 rings (SSSR count). The second-order valence-corrected chi connectivity index (χ2v) is 12.1. The third-order valence-corrected chi connectivity index (χ3v) is 9.61. The molecule has 0 aliphatic heterocycles. The van der Waals surface area contributed by atoms with Crippen LogP contribution in [0.2, 0.25) is 0 Å². The lowest BCUT2D eigenvalue weighted by Gasteiger charge is -2.18. The van der Waals surface area contributed by atoms with Gasteiger partial charge in [-0.05, 0) is 99.1 Å². The molecule has 0 spiro atoms. The Labute approximate surface area is 259 Å². The molecule has 0 radical (unpaired) electrons. The van der Waals surface area contributed by atoms with E-state index in [-0.39, 0.29) is 0 Å². The standard InChI is InChI=1S/C42H25N3/c1-24-11-15-28-7-3-5-9-30(28)38(24)34-21-35(39-25(2)12-16-29-8-4-6-10-31(29)39)41-33-18-14-27(23-44)20-37(33)45-36-19-26(22-43)13-17-32(36)40(34)42(41)45/h3-21H,1-2H3. The number of nitriles is 2. The minimum absolute atomic E-state index is 0.612. The molecule has 0 fully saturated rings. The summed E-state index contributed by atoms with van der Waals surface area (Å²) in [6, 6.07) is 45.2. The van der Waals surface area contributed by atoms with Crippen molar-refractivity contribution in [2.75, 3.05) is 0 Å². The van der Waals surface area contributed by atoms with Gasteiger partial charge in [-0.2, -0.15) is 10.5 Å². The molecule has 0 saturated carbocycles. The fraction of sp³-hybridized carbons (Fsp3) is 0.0476. The van der Waals surface area contributed by atoms with Crippen molar-refractivity contribution in [3.8, 4) is 34.4 Å². The molecule has 3 nitrogen and oxygen atoms in total. The van der Waals surface area contributed by atoms with Crippen molar-refractivity contribution in [3.05, 3.63) is 138 Å². The molecule has 3 heteroatoms. The Hall–Kier alpha value is -6.16. The van der Waals surface area contributed by atoms with Crippen LogP contribution < -0.4 is 0 Å². The van der Waals surface area contributed by atoms with Gasteiger partial charge in [0, 0.05) is 21.5 Å². The van der Waals surface area contributed by atoms with Crippen molar-refractivity contribution in [2.24, 2.45) is 0 Å². The highest BCUT2D eigenvalue weighted by molar-refractivity contribution is 6.32. The molecule has 0 amide bonds. The van der Waals surface area contributed by atoms with Crippen molar-refractivity contribution in [1.82, 2.24) is 4.40 Å². The number of benzene rings is 7. The van der Waals surface area contributed by atoms with Gasteiger partial charge in [0.15, 0.2) is 0 Å². The van der Waals surface area contributed by atoms with Gasteiger partial charge in [-0.1, -0.05) is 84.9 Å². The molecule has 0 aliphatic rings. The SMILES string of the molecule is Cc1ccc2ccccc2c1-c1cc(-c2c(C)ccc3ccccc23)c2c3ccc(C#N)cc3n3c4cc(C#N)ccc4c1c23. The van der Waals surface area contributed by atoms with Gasteiger partial charge in [-0.3, -0.25) is 0 Å². The van der Waals surface area contributed by atoms with Crippen molar-refractivity contribution < 1.29 is 0 Å². The highest BCUT2D eigenvalue weighted by atomic mass is 14.9. The van der Waals surface area contributed by atoms with E-state index in [4.69, 9.17) is 0 Å². The Kier molecular flexibility index (Phi) is 5.16. The molecule has 0 saturated heterocycles.